The molecular weight excluding hydrogens is 298 g/mol. The maximum Gasteiger partial charge on any atom is 0.163 e. The van der Waals surface area contributed by atoms with Crippen LogP contribution >= 0.6 is 0 Å². The van der Waals surface area contributed by atoms with Crippen molar-refractivity contribution in [3.8, 4) is 11.4 Å². The molecule has 1 aliphatic heterocycles. The summed E-state index contributed by atoms with van der Waals surface area (Å²) in [7, 11) is 0. The summed E-state index contributed by atoms with van der Waals surface area (Å²) in [5, 5.41) is 3.52. The summed E-state index contributed by atoms with van der Waals surface area (Å²) in [6, 6.07) is 4.61. The summed E-state index contributed by atoms with van der Waals surface area (Å²) in [5.74, 6) is 1.67. The average Bonchev–Trinajstić information content (AvgIpc) is 2.61. The lowest BCUT2D eigenvalue weighted by atomic mass is 10.0. The van der Waals surface area contributed by atoms with Crippen LogP contribution in [0.2, 0.25) is 0 Å². The average molecular weight is 325 g/mol. The Kier molecular flexibility index (Phi) is 5.41. The molecule has 0 aromatic carbocycles. The third-order valence-electron chi connectivity index (χ3n) is 4.94. The Labute approximate surface area is 144 Å². The van der Waals surface area contributed by atoms with Gasteiger partial charge in [-0.25, -0.2) is 9.97 Å². The molecule has 5 nitrogen and oxygen atoms in total. The molecule has 1 unspecified atom stereocenters. The number of piperidine rings is 1. The predicted octanol–water partition coefficient (Wildman–Crippen LogP) is 3.44. The maximum absolute atomic E-state index is 4.72. The van der Waals surface area contributed by atoms with Crippen molar-refractivity contribution >= 4 is 5.82 Å². The highest BCUT2D eigenvalue weighted by Gasteiger charge is 2.17. The Morgan fingerprint density at radius 1 is 1.25 bits per heavy atom. The van der Waals surface area contributed by atoms with Crippen LogP contribution in [0.25, 0.3) is 11.4 Å². The maximum atomic E-state index is 4.72. The number of aryl methyl sites for hydroxylation is 1. The Morgan fingerprint density at radius 2 is 2.12 bits per heavy atom. The number of rotatable bonds is 5. The van der Waals surface area contributed by atoms with Crippen LogP contribution in [-0.4, -0.2) is 45.5 Å². The molecule has 24 heavy (non-hydrogen) atoms. The Morgan fingerprint density at radius 3 is 2.88 bits per heavy atom. The molecule has 2 aromatic rings. The van der Waals surface area contributed by atoms with Crippen molar-refractivity contribution in [2.45, 2.75) is 46.1 Å². The molecule has 1 N–H and O–H groups in total. The highest BCUT2D eigenvalue weighted by Crippen LogP contribution is 2.21. The summed E-state index contributed by atoms with van der Waals surface area (Å²) in [6.07, 6.45) is 7.58. The number of likely N-dealkylation sites (tertiary alicyclic amines) is 1. The second-order valence-corrected chi connectivity index (χ2v) is 6.66. The zero-order valence-electron chi connectivity index (χ0n) is 14.9. The van der Waals surface area contributed by atoms with E-state index in [9.17, 15) is 0 Å². The Balaban J connectivity index is 1.69. The molecule has 0 amide bonds. The van der Waals surface area contributed by atoms with E-state index in [1.807, 2.05) is 25.3 Å². The quantitative estimate of drug-likeness (QED) is 0.912. The van der Waals surface area contributed by atoms with E-state index in [0.717, 1.165) is 41.6 Å². The monoisotopic (exact) mass is 325 g/mol. The van der Waals surface area contributed by atoms with Gasteiger partial charge in [0.15, 0.2) is 5.82 Å². The van der Waals surface area contributed by atoms with Gasteiger partial charge in [0.05, 0.1) is 0 Å². The van der Waals surface area contributed by atoms with E-state index in [-0.39, 0.29) is 0 Å². The first-order valence-corrected chi connectivity index (χ1v) is 8.88. The highest BCUT2D eigenvalue weighted by molar-refractivity contribution is 5.58. The van der Waals surface area contributed by atoms with Gasteiger partial charge in [-0.1, -0.05) is 6.42 Å². The number of hydrogen-bond acceptors (Lipinski definition) is 5. The lowest BCUT2D eigenvalue weighted by molar-refractivity contribution is 0.167. The molecule has 3 heterocycles. The van der Waals surface area contributed by atoms with Crippen molar-refractivity contribution in [3.05, 3.63) is 35.8 Å². The van der Waals surface area contributed by atoms with Gasteiger partial charge in [-0.3, -0.25) is 9.88 Å². The van der Waals surface area contributed by atoms with E-state index in [1.54, 1.807) is 6.20 Å². The first-order chi connectivity index (χ1) is 11.6. The fourth-order valence-corrected chi connectivity index (χ4v) is 3.23. The number of anilines is 1. The van der Waals surface area contributed by atoms with Crippen LogP contribution in [0.3, 0.4) is 0 Å². The van der Waals surface area contributed by atoms with Crippen LogP contribution in [0, 0.1) is 13.8 Å². The second kappa shape index (κ2) is 7.71. The van der Waals surface area contributed by atoms with Crippen LogP contribution < -0.4 is 5.32 Å². The minimum absolute atomic E-state index is 0.694. The zero-order chi connectivity index (χ0) is 16.9. The van der Waals surface area contributed by atoms with Crippen molar-refractivity contribution < 1.29 is 0 Å². The van der Waals surface area contributed by atoms with E-state index in [4.69, 9.17) is 4.98 Å². The van der Waals surface area contributed by atoms with Gasteiger partial charge in [0.25, 0.3) is 0 Å². The van der Waals surface area contributed by atoms with E-state index in [1.165, 1.54) is 25.8 Å². The van der Waals surface area contributed by atoms with Gasteiger partial charge in [-0.05, 0) is 52.3 Å². The van der Waals surface area contributed by atoms with Crippen molar-refractivity contribution in [2.24, 2.45) is 0 Å². The molecule has 1 saturated heterocycles. The normalized spacial score (nSPS) is 18.5. The summed E-state index contributed by atoms with van der Waals surface area (Å²) in [4.78, 5) is 16.1. The van der Waals surface area contributed by atoms with Crippen molar-refractivity contribution in [2.75, 3.05) is 25.0 Å². The molecule has 1 aliphatic rings. The molecular formula is C19H27N5. The molecule has 0 aliphatic carbocycles. The summed E-state index contributed by atoms with van der Waals surface area (Å²) < 4.78 is 0. The van der Waals surface area contributed by atoms with Crippen molar-refractivity contribution in [3.63, 3.8) is 0 Å². The number of pyridine rings is 1. The van der Waals surface area contributed by atoms with Gasteiger partial charge in [0.1, 0.15) is 5.82 Å². The number of nitrogens with one attached hydrogen (secondary N) is 1. The molecule has 0 bridgehead atoms. The molecule has 0 saturated carbocycles. The minimum Gasteiger partial charge on any atom is -0.368 e. The van der Waals surface area contributed by atoms with E-state index in [0.29, 0.717) is 6.04 Å². The number of aromatic nitrogens is 3. The minimum atomic E-state index is 0.694. The third-order valence-corrected chi connectivity index (χ3v) is 4.94. The van der Waals surface area contributed by atoms with Crippen LogP contribution in [0.5, 0.6) is 0 Å². The van der Waals surface area contributed by atoms with Crippen LogP contribution in [0.1, 0.15) is 37.4 Å². The molecule has 5 heteroatoms. The zero-order valence-corrected chi connectivity index (χ0v) is 14.9. The topological polar surface area (TPSA) is 53.9 Å². The fourth-order valence-electron chi connectivity index (χ4n) is 3.23. The number of nitrogens with zero attached hydrogens (tertiary/aromatic N) is 4. The largest absolute Gasteiger partial charge is 0.368 e. The molecule has 1 fully saturated rings. The van der Waals surface area contributed by atoms with E-state index in [2.05, 4.69) is 34.0 Å². The van der Waals surface area contributed by atoms with Crippen molar-refractivity contribution in [1.82, 2.24) is 19.9 Å². The van der Waals surface area contributed by atoms with Crippen LogP contribution in [0.15, 0.2) is 24.5 Å². The lowest BCUT2D eigenvalue weighted by Gasteiger charge is -2.33. The van der Waals surface area contributed by atoms with Gasteiger partial charge in [-0.2, -0.15) is 0 Å². The second-order valence-electron chi connectivity index (χ2n) is 6.66. The molecule has 1 atom stereocenters. The van der Waals surface area contributed by atoms with Crippen LogP contribution in [0.4, 0.5) is 5.82 Å². The summed E-state index contributed by atoms with van der Waals surface area (Å²) >= 11 is 0. The van der Waals surface area contributed by atoms with Crippen LogP contribution in [-0.2, 0) is 0 Å². The molecule has 3 rings (SSSR count). The van der Waals surface area contributed by atoms with Gasteiger partial charge in [0, 0.05) is 48.3 Å². The van der Waals surface area contributed by atoms with E-state index >= 15 is 0 Å². The summed E-state index contributed by atoms with van der Waals surface area (Å²) in [6.45, 7) is 9.63. The van der Waals surface area contributed by atoms with Gasteiger partial charge in [-0.15, -0.1) is 0 Å². The predicted molar refractivity (Wildman–Crippen MR) is 98.1 cm³/mol. The molecule has 0 radical (unpaired) electrons. The van der Waals surface area contributed by atoms with Gasteiger partial charge in [0.2, 0.25) is 0 Å². The third kappa shape index (κ3) is 3.90. The molecule has 2 aromatic heterocycles. The van der Waals surface area contributed by atoms with E-state index < -0.39 is 0 Å². The molecule has 128 valence electrons. The summed E-state index contributed by atoms with van der Waals surface area (Å²) in [5.41, 5.74) is 3.08. The van der Waals surface area contributed by atoms with Crippen molar-refractivity contribution in [1.29, 1.82) is 0 Å². The molecule has 0 spiro atoms. The SMILES string of the molecule is Cc1nc(-c2cccnc2)nc(NCCN2CCCCC2C)c1C. The fraction of sp³-hybridized carbons (Fsp3) is 0.526. The van der Waals surface area contributed by atoms with Gasteiger partial charge < -0.3 is 5.32 Å². The Bertz CT molecular complexity index is 671. The first-order valence-electron chi connectivity index (χ1n) is 8.88. The Hall–Kier alpha value is -2.01. The standard InChI is InChI=1S/C19H27N5/c1-14-7-4-5-11-24(14)12-10-21-18-15(2)16(3)22-19(23-18)17-8-6-9-20-13-17/h6,8-9,13-14H,4-5,7,10-12H2,1-3H3,(H,21,22,23). The first kappa shape index (κ1) is 16.8. The number of hydrogen-bond donors (Lipinski definition) is 1. The lowest BCUT2D eigenvalue weighted by Crippen LogP contribution is -2.40. The van der Waals surface area contributed by atoms with Gasteiger partial charge >= 0.3 is 0 Å². The smallest absolute Gasteiger partial charge is 0.163 e. The highest BCUT2D eigenvalue weighted by atomic mass is 15.2.